The summed E-state index contributed by atoms with van der Waals surface area (Å²) in [6.07, 6.45) is 2.59. The van der Waals surface area contributed by atoms with Crippen molar-refractivity contribution in [1.82, 2.24) is 20.1 Å². The SMILES string of the molecule is CCSCC(Cc1ncnn1C(C)C)NC. The van der Waals surface area contributed by atoms with E-state index in [1.165, 1.54) is 0 Å². The summed E-state index contributed by atoms with van der Waals surface area (Å²) in [5.74, 6) is 3.36. The Kier molecular flexibility index (Phi) is 5.84. The molecule has 4 nitrogen and oxygen atoms in total. The van der Waals surface area contributed by atoms with Gasteiger partial charge in [-0.1, -0.05) is 6.92 Å². The van der Waals surface area contributed by atoms with Gasteiger partial charge in [-0.05, 0) is 26.6 Å². The lowest BCUT2D eigenvalue weighted by Gasteiger charge is -2.16. The molecule has 0 radical (unpaired) electrons. The van der Waals surface area contributed by atoms with Gasteiger partial charge in [0.2, 0.25) is 0 Å². The molecule has 0 aromatic carbocycles. The van der Waals surface area contributed by atoms with Crippen LogP contribution >= 0.6 is 11.8 Å². The first kappa shape index (κ1) is 13.5. The molecule has 0 aliphatic heterocycles. The van der Waals surface area contributed by atoms with Crippen LogP contribution < -0.4 is 5.32 Å². The largest absolute Gasteiger partial charge is 0.316 e. The maximum atomic E-state index is 4.34. The molecule has 1 unspecified atom stereocenters. The highest BCUT2D eigenvalue weighted by molar-refractivity contribution is 7.99. The van der Waals surface area contributed by atoms with E-state index in [1.807, 2.05) is 23.5 Å². The van der Waals surface area contributed by atoms with Crippen molar-refractivity contribution in [1.29, 1.82) is 0 Å². The van der Waals surface area contributed by atoms with Crippen molar-refractivity contribution in [3.8, 4) is 0 Å². The lowest BCUT2D eigenvalue weighted by Crippen LogP contribution is -2.31. The van der Waals surface area contributed by atoms with Gasteiger partial charge < -0.3 is 5.32 Å². The Morgan fingerprint density at radius 1 is 1.50 bits per heavy atom. The van der Waals surface area contributed by atoms with E-state index >= 15 is 0 Å². The molecule has 0 saturated heterocycles. The minimum atomic E-state index is 0.383. The molecule has 92 valence electrons. The van der Waals surface area contributed by atoms with Crippen molar-refractivity contribution in [2.75, 3.05) is 18.6 Å². The fourth-order valence-electron chi connectivity index (χ4n) is 1.58. The molecular weight excluding hydrogens is 220 g/mol. The number of nitrogens with one attached hydrogen (secondary N) is 1. The molecule has 5 heteroatoms. The molecule has 0 saturated carbocycles. The van der Waals surface area contributed by atoms with Crippen LogP contribution in [0.2, 0.25) is 0 Å². The predicted octanol–water partition coefficient (Wildman–Crippen LogP) is 1.74. The summed E-state index contributed by atoms with van der Waals surface area (Å²) >= 11 is 1.96. The second-order valence-electron chi connectivity index (χ2n) is 4.06. The number of nitrogens with zero attached hydrogens (tertiary/aromatic N) is 3. The number of hydrogen-bond donors (Lipinski definition) is 1. The molecule has 0 bridgehead atoms. The molecule has 16 heavy (non-hydrogen) atoms. The topological polar surface area (TPSA) is 42.7 Å². The number of likely N-dealkylation sites (N-methyl/N-ethyl adjacent to an activating group) is 1. The summed E-state index contributed by atoms with van der Waals surface area (Å²) in [5, 5.41) is 7.59. The van der Waals surface area contributed by atoms with Gasteiger partial charge >= 0.3 is 0 Å². The summed E-state index contributed by atoms with van der Waals surface area (Å²) in [5.41, 5.74) is 0. The van der Waals surface area contributed by atoms with Crippen molar-refractivity contribution in [3.05, 3.63) is 12.2 Å². The third kappa shape index (κ3) is 3.79. The summed E-state index contributed by atoms with van der Waals surface area (Å²) in [7, 11) is 2.01. The monoisotopic (exact) mass is 242 g/mol. The van der Waals surface area contributed by atoms with E-state index in [1.54, 1.807) is 6.33 Å². The van der Waals surface area contributed by atoms with Crippen molar-refractivity contribution in [3.63, 3.8) is 0 Å². The molecular formula is C11H22N4S. The van der Waals surface area contributed by atoms with Gasteiger partial charge in [0.25, 0.3) is 0 Å². The molecule has 0 amide bonds. The lowest BCUT2D eigenvalue weighted by molar-refractivity contribution is 0.484. The van der Waals surface area contributed by atoms with Crippen LogP contribution in [0.4, 0.5) is 0 Å². The van der Waals surface area contributed by atoms with Gasteiger partial charge in [0.05, 0.1) is 0 Å². The van der Waals surface area contributed by atoms with E-state index in [0.29, 0.717) is 12.1 Å². The first-order chi connectivity index (χ1) is 7.69. The fourth-order valence-corrected chi connectivity index (χ4v) is 2.38. The van der Waals surface area contributed by atoms with E-state index in [0.717, 1.165) is 23.8 Å². The standard InChI is InChI=1S/C11H22N4S/c1-5-16-7-10(12-4)6-11-13-8-14-15(11)9(2)3/h8-10,12H,5-7H2,1-4H3. The minimum absolute atomic E-state index is 0.383. The molecule has 0 spiro atoms. The van der Waals surface area contributed by atoms with Gasteiger partial charge in [-0.3, -0.25) is 0 Å². The zero-order valence-electron chi connectivity index (χ0n) is 10.6. The van der Waals surface area contributed by atoms with Gasteiger partial charge in [-0.15, -0.1) is 0 Å². The zero-order valence-corrected chi connectivity index (χ0v) is 11.4. The van der Waals surface area contributed by atoms with Crippen molar-refractivity contribution in [2.45, 2.75) is 39.3 Å². The van der Waals surface area contributed by atoms with Gasteiger partial charge in [0, 0.05) is 24.3 Å². The maximum absolute atomic E-state index is 4.34. The highest BCUT2D eigenvalue weighted by atomic mass is 32.2. The van der Waals surface area contributed by atoms with E-state index in [4.69, 9.17) is 0 Å². The van der Waals surface area contributed by atoms with Crippen LogP contribution in [-0.2, 0) is 6.42 Å². The molecule has 0 fully saturated rings. The first-order valence-electron chi connectivity index (χ1n) is 5.82. The smallest absolute Gasteiger partial charge is 0.138 e. The Balaban J connectivity index is 2.59. The summed E-state index contributed by atoms with van der Waals surface area (Å²) in [6, 6.07) is 0.862. The van der Waals surface area contributed by atoms with Crippen LogP contribution in [0.1, 0.15) is 32.6 Å². The Bertz CT molecular complexity index is 298. The van der Waals surface area contributed by atoms with E-state index in [2.05, 4.69) is 36.2 Å². The normalized spacial score (nSPS) is 13.3. The second-order valence-corrected chi connectivity index (χ2v) is 5.38. The molecule has 0 aliphatic carbocycles. The van der Waals surface area contributed by atoms with Gasteiger partial charge in [-0.25, -0.2) is 9.67 Å². The summed E-state index contributed by atoms with van der Waals surface area (Å²) in [6.45, 7) is 6.45. The van der Waals surface area contributed by atoms with E-state index < -0.39 is 0 Å². The van der Waals surface area contributed by atoms with Gasteiger partial charge in [-0.2, -0.15) is 16.9 Å². The molecule has 1 aromatic rings. The molecule has 1 heterocycles. The molecule has 0 aliphatic rings. The fraction of sp³-hybridized carbons (Fsp3) is 0.818. The molecule has 1 rings (SSSR count). The average Bonchev–Trinajstić information content (AvgIpc) is 2.72. The summed E-state index contributed by atoms with van der Waals surface area (Å²) in [4.78, 5) is 4.34. The quantitative estimate of drug-likeness (QED) is 0.791. The van der Waals surface area contributed by atoms with Crippen LogP contribution in [0.15, 0.2) is 6.33 Å². The Morgan fingerprint density at radius 3 is 2.81 bits per heavy atom. The van der Waals surface area contributed by atoms with Crippen molar-refractivity contribution < 1.29 is 0 Å². The van der Waals surface area contributed by atoms with Crippen LogP contribution in [0, 0.1) is 0 Å². The number of thioether (sulfide) groups is 1. The Labute approximate surface area is 102 Å². The number of aromatic nitrogens is 3. The zero-order chi connectivity index (χ0) is 12.0. The third-order valence-electron chi connectivity index (χ3n) is 2.50. The predicted molar refractivity (Wildman–Crippen MR) is 70.0 cm³/mol. The van der Waals surface area contributed by atoms with Crippen LogP contribution in [0.3, 0.4) is 0 Å². The molecule has 1 atom stereocenters. The average molecular weight is 242 g/mol. The lowest BCUT2D eigenvalue weighted by atomic mass is 10.2. The van der Waals surface area contributed by atoms with Crippen LogP contribution in [-0.4, -0.2) is 39.4 Å². The Morgan fingerprint density at radius 2 is 2.25 bits per heavy atom. The third-order valence-corrected chi connectivity index (χ3v) is 3.54. The van der Waals surface area contributed by atoms with Crippen LogP contribution in [0.25, 0.3) is 0 Å². The van der Waals surface area contributed by atoms with Gasteiger partial charge in [0.1, 0.15) is 12.2 Å². The highest BCUT2D eigenvalue weighted by Gasteiger charge is 2.13. The van der Waals surface area contributed by atoms with Crippen LogP contribution in [0.5, 0.6) is 0 Å². The van der Waals surface area contributed by atoms with Crippen molar-refractivity contribution >= 4 is 11.8 Å². The van der Waals surface area contributed by atoms with Crippen molar-refractivity contribution in [2.24, 2.45) is 0 Å². The first-order valence-corrected chi connectivity index (χ1v) is 6.97. The Hall–Kier alpha value is -0.550. The molecule has 1 aromatic heterocycles. The summed E-state index contributed by atoms with van der Waals surface area (Å²) < 4.78 is 2.00. The molecule has 1 N–H and O–H groups in total. The number of rotatable bonds is 7. The minimum Gasteiger partial charge on any atom is -0.316 e. The maximum Gasteiger partial charge on any atom is 0.138 e. The van der Waals surface area contributed by atoms with E-state index in [-0.39, 0.29) is 0 Å². The highest BCUT2D eigenvalue weighted by Crippen LogP contribution is 2.10. The number of hydrogen-bond acceptors (Lipinski definition) is 4. The second kappa shape index (κ2) is 6.91. The van der Waals surface area contributed by atoms with E-state index in [9.17, 15) is 0 Å². The van der Waals surface area contributed by atoms with Gasteiger partial charge in [0.15, 0.2) is 0 Å².